The SMILES string of the molecule is COc1ccc([C@H]2Cn3nnc(-c4noc(-c5ccncc5)n4)c3CO2)cc1. The van der Waals surface area contributed by atoms with Gasteiger partial charge in [-0.05, 0) is 29.8 Å². The molecular weight excluding hydrogens is 360 g/mol. The summed E-state index contributed by atoms with van der Waals surface area (Å²) in [5, 5.41) is 12.5. The number of ether oxygens (including phenoxy) is 2. The van der Waals surface area contributed by atoms with E-state index in [0.29, 0.717) is 30.6 Å². The summed E-state index contributed by atoms with van der Waals surface area (Å²) >= 11 is 0. The number of aromatic nitrogens is 6. The Kier molecular flexibility index (Phi) is 4.06. The van der Waals surface area contributed by atoms with Crippen LogP contribution < -0.4 is 4.74 Å². The molecule has 0 radical (unpaired) electrons. The molecule has 0 saturated carbocycles. The van der Waals surface area contributed by atoms with Crippen molar-refractivity contribution in [1.82, 2.24) is 30.1 Å². The van der Waals surface area contributed by atoms with Crippen molar-refractivity contribution in [3.05, 3.63) is 60.0 Å². The number of hydrogen-bond acceptors (Lipinski definition) is 8. The number of pyridine rings is 1. The van der Waals surface area contributed by atoms with E-state index in [-0.39, 0.29) is 6.10 Å². The molecule has 0 fully saturated rings. The summed E-state index contributed by atoms with van der Waals surface area (Å²) in [4.78, 5) is 8.42. The zero-order valence-electron chi connectivity index (χ0n) is 15.0. The van der Waals surface area contributed by atoms with E-state index >= 15 is 0 Å². The van der Waals surface area contributed by atoms with Crippen LogP contribution in [0.5, 0.6) is 5.75 Å². The van der Waals surface area contributed by atoms with Crippen molar-refractivity contribution >= 4 is 0 Å². The highest BCUT2D eigenvalue weighted by Crippen LogP contribution is 2.31. The maximum Gasteiger partial charge on any atom is 0.258 e. The van der Waals surface area contributed by atoms with Gasteiger partial charge in [0.15, 0.2) is 5.69 Å². The van der Waals surface area contributed by atoms with Gasteiger partial charge in [0.25, 0.3) is 5.89 Å². The summed E-state index contributed by atoms with van der Waals surface area (Å²) in [6, 6.07) is 11.4. The van der Waals surface area contributed by atoms with E-state index in [9.17, 15) is 0 Å². The highest BCUT2D eigenvalue weighted by atomic mass is 16.5. The largest absolute Gasteiger partial charge is 0.497 e. The second kappa shape index (κ2) is 6.86. The fraction of sp³-hybridized carbons (Fsp3) is 0.211. The first-order valence-corrected chi connectivity index (χ1v) is 8.74. The van der Waals surface area contributed by atoms with E-state index < -0.39 is 0 Å². The fourth-order valence-corrected chi connectivity index (χ4v) is 3.14. The fourth-order valence-electron chi connectivity index (χ4n) is 3.14. The van der Waals surface area contributed by atoms with Crippen LogP contribution in [0.1, 0.15) is 17.4 Å². The molecule has 9 heteroatoms. The molecule has 28 heavy (non-hydrogen) atoms. The van der Waals surface area contributed by atoms with E-state index in [1.54, 1.807) is 31.6 Å². The van der Waals surface area contributed by atoms with Crippen molar-refractivity contribution in [3.63, 3.8) is 0 Å². The van der Waals surface area contributed by atoms with Crippen LogP contribution in [0, 0.1) is 0 Å². The van der Waals surface area contributed by atoms with Crippen molar-refractivity contribution in [2.45, 2.75) is 19.3 Å². The molecule has 5 rings (SSSR count). The minimum Gasteiger partial charge on any atom is -0.497 e. The Morgan fingerprint density at radius 3 is 2.71 bits per heavy atom. The van der Waals surface area contributed by atoms with E-state index in [1.165, 1.54) is 0 Å². The highest BCUT2D eigenvalue weighted by molar-refractivity contribution is 5.57. The molecule has 1 aromatic carbocycles. The lowest BCUT2D eigenvalue weighted by molar-refractivity contribution is -0.00114. The van der Waals surface area contributed by atoms with Gasteiger partial charge in [0, 0.05) is 18.0 Å². The van der Waals surface area contributed by atoms with Crippen molar-refractivity contribution in [1.29, 1.82) is 0 Å². The Bertz CT molecular complexity index is 1090. The second-order valence-corrected chi connectivity index (χ2v) is 6.30. The number of hydrogen-bond donors (Lipinski definition) is 0. The molecule has 0 N–H and O–H groups in total. The topological polar surface area (TPSA) is 101 Å². The van der Waals surface area contributed by atoms with Crippen LogP contribution >= 0.6 is 0 Å². The Balaban J connectivity index is 1.39. The number of benzene rings is 1. The van der Waals surface area contributed by atoms with Gasteiger partial charge in [-0.15, -0.1) is 5.10 Å². The van der Waals surface area contributed by atoms with Crippen molar-refractivity contribution < 1.29 is 14.0 Å². The summed E-state index contributed by atoms with van der Waals surface area (Å²) < 4.78 is 18.4. The van der Waals surface area contributed by atoms with Crippen LogP contribution in [0.15, 0.2) is 53.3 Å². The number of rotatable bonds is 4. The van der Waals surface area contributed by atoms with E-state index in [0.717, 1.165) is 22.6 Å². The normalized spacial score (nSPS) is 16.0. The Morgan fingerprint density at radius 2 is 1.93 bits per heavy atom. The molecule has 0 saturated heterocycles. The van der Waals surface area contributed by atoms with E-state index in [1.807, 2.05) is 28.9 Å². The predicted octanol–water partition coefficient (Wildman–Crippen LogP) is 2.67. The summed E-state index contributed by atoms with van der Waals surface area (Å²) in [7, 11) is 1.65. The number of methoxy groups -OCH3 is 1. The molecule has 0 spiro atoms. The molecule has 3 aromatic heterocycles. The second-order valence-electron chi connectivity index (χ2n) is 6.30. The Labute approximate surface area is 159 Å². The molecule has 0 unspecified atom stereocenters. The average molecular weight is 376 g/mol. The summed E-state index contributed by atoms with van der Waals surface area (Å²) in [5.74, 6) is 1.61. The first kappa shape index (κ1) is 16.6. The minimum atomic E-state index is -0.106. The van der Waals surface area contributed by atoms with Crippen LogP contribution in [0.3, 0.4) is 0 Å². The van der Waals surface area contributed by atoms with Crippen LogP contribution in [0.25, 0.3) is 23.0 Å². The Hall–Kier alpha value is -3.59. The van der Waals surface area contributed by atoms with E-state index in [2.05, 4.69) is 25.4 Å². The molecule has 9 nitrogen and oxygen atoms in total. The lowest BCUT2D eigenvalue weighted by Crippen LogP contribution is -2.22. The van der Waals surface area contributed by atoms with Gasteiger partial charge >= 0.3 is 0 Å². The maximum atomic E-state index is 6.04. The standard InChI is InChI=1S/C19H16N6O3/c1-26-14-4-2-12(3-5-14)16-10-25-15(11-27-16)17(22-24-25)18-21-19(28-23-18)13-6-8-20-9-7-13/h2-9,16H,10-11H2,1H3/t16-/m1/s1. The molecule has 1 aliphatic rings. The minimum absolute atomic E-state index is 0.106. The van der Waals surface area contributed by atoms with Gasteiger partial charge in [0.05, 0.1) is 26.0 Å². The summed E-state index contributed by atoms with van der Waals surface area (Å²) in [6.07, 6.45) is 3.24. The third kappa shape index (κ3) is 2.91. The van der Waals surface area contributed by atoms with Crippen molar-refractivity contribution in [2.24, 2.45) is 0 Å². The van der Waals surface area contributed by atoms with Gasteiger partial charge in [-0.1, -0.05) is 22.5 Å². The summed E-state index contributed by atoms with van der Waals surface area (Å²) in [6.45, 7) is 0.919. The molecule has 140 valence electrons. The molecule has 4 aromatic rings. The van der Waals surface area contributed by atoms with Gasteiger partial charge in [-0.3, -0.25) is 4.98 Å². The van der Waals surface area contributed by atoms with Crippen LogP contribution in [0.4, 0.5) is 0 Å². The number of fused-ring (bicyclic) bond motifs is 1. The monoisotopic (exact) mass is 376 g/mol. The van der Waals surface area contributed by atoms with Crippen LogP contribution in [-0.4, -0.2) is 37.2 Å². The lowest BCUT2D eigenvalue weighted by Gasteiger charge is -2.24. The quantitative estimate of drug-likeness (QED) is 0.536. The Morgan fingerprint density at radius 1 is 1.11 bits per heavy atom. The maximum absolute atomic E-state index is 6.04. The van der Waals surface area contributed by atoms with Gasteiger partial charge in [0.2, 0.25) is 5.82 Å². The molecule has 0 amide bonds. The predicted molar refractivity (Wildman–Crippen MR) is 97.1 cm³/mol. The molecule has 0 aliphatic carbocycles. The smallest absolute Gasteiger partial charge is 0.258 e. The molecule has 4 heterocycles. The lowest BCUT2D eigenvalue weighted by atomic mass is 10.1. The zero-order chi connectivity index (χ0) is 18.9. The third-order valence-electron chi connectivity index (χ3n) is 4.65. The first-order chi connectivity index (χ1) is 13.8. The van der Waals surface area contributed by atoms with Crippen molar-refractivity contribution in [2.75, 3.05) is 7.11 Å². The number of nitrogens with zero attached hydrogens (tertiary/aromatic N) is 6. The third-order valence-corrected chi connectivity index (χ3v) is 4.65. The van der Waals surface area contributed by atoms with Gasteiger partial charge < -0.3 is 14.0 Å². The first-order valence-electron chi connectivity index (χ1n) is 8.74. The van der Waals surface area contributed by atoms with Gasteiger partial charge in [-0.25, -0.2) is 4.68 Å². The average Bonchev–Trinajstić information content (AvgIpc) is 3.41. The molecular formula is C19H16N6O3. The van der Waals surface area contributed by atoms with E-state index in [4.69, 9.17) is 14.0 Å². The van der Waals surface area contributed by atoms with Crippen LogP contribution in [0.2, 0.25) is 0 Å². The van der Waals surface area contributed by atoms with Gasteiger partial charge in [-0.2, -0.15) is 4.98 Å². The highest BCUT2D eigenvalue weighted by Gasteiger charge is 2.27. The molecule has 1 atom stereocenters. The zero-order valence-corrected chi connectivity index (χ0v) is 15.0. The molecule has 1 aliphatic heterocycles. The molecule has 0 bridgehead atoms. The van der Waals surface area contributed by atoms with Crippen LogP contribution in [-0.2, 0) is 17.9 Å². The van der Waals surface area contributed by atoms with Gasteiger partial charge in [0.1, 0.15) is 11.9 Å². The summed E-state index contributed by atoms with van der Waals surface area (Å²) in [5.41, 5.74) is 3.25. The van der Waals surface area contributed by atoms with Crippen molar-refractivity contribution in [3.8, 4) is 28.7 Å².